The molecule has 2 aromatic rings. The van der Waals surface area contributed by atoms with Gasteiger partial charge in [0.15, 0.2) is 0 Å². The van der Waals surface area contributed by atoms with Crippen LogP contribution >= 0.6 is 12.4 Å². The van der Waals surface area contributed by atoms with Gasteiger partial charge >= 0.3 is 0 Å². The van der Waals surface area contributed by atoms with Crippen molar-refractivity contribution in [1.82, 2.24) is 25.2 Å². The lowest BCUT2D eigenvalue weighted by Crippen LogP contribution is -2.34. The molecule has 1 N–H and O–H groups in total. The summed E-state index contributed by atoms with van der Waals surface area (Å²) in [5.41, 5.74) is 2.39. The third-order valence-corrected chi connectivity index (χ3v) is 3.48. The van der Waals surface area contributed by atoms with E-state index in [-0.39, 0.29) is 18.3 Å². The van der Waals surface area contributed by atoms with Gasteiger partial charge in [0.2, 0.25) is 0 Å². The van der Waals surface area contributed by atoms with E-state index in [1.807, 2.05) is 30.1 Å². The first kappa shape index (κ1) is 14.7. The summed E-state index contributed by atoms with van der Waals surface area (Å²) in [4.78, 5) is 14.3. The molecular weight excluding hydrogens is 278 g/mol. The van der Waals surface area contributed by atoms with Crippen LogP contribution in [0.3, 0.4) is 0 Å². The fraction of sp³-hybridized carbons (Fsp3) is 0.462. The van der Waals surface area contributed by atoms with Crippen molar-refractivity contribution in [1.29, 1.82) is 0 Å². The summed E-state index contributed by atoms with van der Waals surface area (Å²) in [6, 6.07) is 5.58. The normalized spacial score (nSPS) is 15.8. The van der Waals surface area contributed by atoms with Crippen LogP contribution in [0.2, 0.25) is 0 Å². The number of hydrogen-bond donors (Lipinski definition) is 1. The Hall–Kier alpha value is -1.66. The quantitative estimate of drug-likeness (QED) is 0.846. The molecule has 6 nitrogen and oxygen atoms in total. The number of hydrogen-bond acceptors (Lipinski definition) is 4. The van der Waals surface area contributed by atoms with E-state index in [9.17, 15) is 4.79 Å². The van der Waals surface area contributed by atoms with Gasteiger partial charge in [0.25, 0.3) is 5.91 Å². The fourth-order valence-corrected chi connectivity index (χ4v) is 2.41. The Bertz CT molecular complexity index is 604. The molecule has 7 heteroatoms. The lowest BCUT2D eigenvalue weighted by molar-refractivity contribution is 0.0766. The zero-order valence-electron chi connectivity index (χ0n) is 11.4. The number of benzene rings is 1. The molecule has 0 saturated carbocycles. The molecule has 20 heavy (non-hydrogen) atoms. The highest BCUT2D eigenvalue weighted by atomic mass is 35.5. The Morgan fingerprint density at radius 1 is 1.30 bits per heavy atom. The Labute approximate surface area is 123 Å². The maximum atomic E-state index is 12.4. The molecule has 2 heterocycles. The first-order valence-corrected chi connectivity index (χ1v) is 6.55. The van der Waals surface area contributed by atoms with E-state index in [0.717, 1.165) is 43.6 Å². The summed E-state index contributed by atoms with van der Waals surface area (Å²) < 4.78 is 1.71. The van der Waals surface area contributed by atoms with Crippen LogP contribution in [0.25, 0.3) is 11.0 Å². The number of nitrogens with zero attached hydrogens (tertiary/aromatic N) is 4. The first-order chi connectivity index (χ1) is 9.25. The summed E-state index contributed by atoms with van der Waals surface area (Å²) in [5, 5.41) is 11.3. The standard InChI is InChI=1S/C13H17N5O.ClH/c1-17-12-4-3-10(9-11(12)15-16-17)13(19)18-7-2-5-14-6-8-18;/h3-4,9,14H,2,5-8H2,1H3;1H. The van der Waals surface area contributed by atoms with Crippen molar-refractivity contribution < 1.29 is 4.79 Å². The molecule has 1 amide bonds. The van der Waals surface area contributed by atoms with Crippen molar-refractivity contribution in [2.45, 2.75) is 6.42 Å². The molecule has 0 radical (unpaired) electrons. The maximum absolute atomic E-state index is 12.4. The van der Waals surface area contributed by atoms with Crippen molar-refractivity contribution >= 4 is 29.3 Å². The zero-order valence-corrected chi connectivity index (χ0v) is 12.2. The van der Waals surface area contributed by atoms with E-state index in [4.69, 9.17) is 0 Å². The first-order valence-electron chi connectivity index (χ1n) is 6.55. The fourth-order valence-electron chi connectivity index (χ4n) is 2.41. The van der Waals surface area contributed by atoms with Crippen LogP contribution in [0.5, 0.6) is 0 Å². The van der Waals surface area contributed by atoms with Gasteiger partial charge in [-0.15, -0.1) is 17.5 Å². The number of amides is 1. The molecule has 0 aliphatic carbocycles. The average molecular weight is 296 g/mol. The molecule has 0 atom stereocenters. The molecule has 1 aliphatic rings. The zero-order chi connectivity index (χ0) is 13.2. The van der Waals surface area contributed by atoms with Crippen molar-refractivity contribution in [3.05, 3.63) is 23.8 Å². The van der Waals surface area contributed by atoms with Crippen LogP contribution in [-0.4, -0.2) is 52.0 Å². The third-order valence-electron chi connectivity index (χ3n) is 3.48. The number of fused-ring (bicyclic) bond motifs is 1. The molecular formula is C13H18ClN5O. The summed E-state index contributed by atoms with van der Waals surface area (Å²) in [6.07, 6.45) is 0.999. The Kier molecular flexibility index (Phi) is 4.57. The molecule has 1 aromatic heterocycles. The molecule has 0 spiro atoms. The van der Waals surface area contributed by atoms with Gasteiger partial charge in [0.1, 0.15) is 5.52 Å². The van der Waals surface area contributed by atoms with Gasteiger partial charge in [-0.1, -0.05) is 5.21 Å². The molecule has 0 bridgehead atoms. The molecule has 1 aromatic carbocycles. The summed E-state index contributed by atoms with van der Waals surface area (Å²) in [5.74, 6) is 0.0799. The topological polar surface area (TPSA) is 63.1 Å². The minimum Gasteiger partial charge on any atom is -0.337 e. The van der Waals surface area contributed by atoms with Crippen LogP contribution in [0, 0.1) is 0 Å². The van der Waals surface area contributed by atoms with Crippen molar-refractivity contribution in [3.8, 4) is 0 Å². The van der Waals surface area contributed by atoms with Crippen molar-refractivity contribution in [2.24, 2.45) is 7.05 Å². The summed E-state index contributed by atoms with van der Waals surface area (Å²) in [6.45, 7) is 3.41. The molecule has 0 unspecified atom stereocenters. The summed E-state index contributed by atoms with van der Waals surface area (Å²) >= 11 is 0. The Morgan fingerprint density at radius 2 is 2.15 bits per heavy atom. The predicted molar refractivity (Wildman–Crippen MR) is 79.1 cm³/mol. The Balaban J connectivity index is 0.00000147. The van der Waals surface area contributed by atoms with Crippen LogP contribution in [0.4, 0.5) is 0 Å². The van der Waals surface area contributed by atoms with E-state index in [0.29, 0.717) is 5.56 Å². The van der Waals surface area contributed by atoms with Crippen molar-refractivity contribution in [3.63, 3.8) is 0 Å². The molecule has 1 saturated heterocycles. The second-order valence-corrected chi connectivity index (χ2v) is 4.81. The second kappa shape index (κ2) is 6.19. The van der Waals surface area contributed by atoms with Gasteiger partial charge in [0.05, 0.1) is 5.52 Å². The number of rotatable bonds is 1. The minimum absolute atomic E-state index is 0. The second-order valence-electron chi connectivity index (χ2n) is 4.81. The van der Waals surface area contributed by atoms with Gasteiger partial charge in [-0.25, -0.2) is 4.68 Å². The maximum Gasteiger partial charge on any atom is 0.253 e. The number of aryl methyl sites for hydroxylation is 1. The lowest BCUT2D eigenvalue weighted by atomic mass is 10.1. The van der Waals surface area contributed by atoms with Gasteiger partial charge in [-0.3, -0.25) is 4.79 Å². The van der Waals surface area contributed by atoms with E-state index in [1.165, 1.54) is 0 Å². The number of halogens is 1. The molecule has 1 aliphatic heterocycles. The number of carbonyl (C=O) groups is 1. The highest BCUT2D eigenvalue weighted by molar-refractivity contribution is 5.97. The van der Waals surface area contributed by atoms with E-state index in [1.54, 1.807) is 4.68 Å². The van der Waals surface area contributed by atoms with Crippen LogP contribution in [-0.2, 0) is 7.05 Å². The van der Waals surface area contributed by atoms with Crippen LogP contribution in [0.1, 0.15) is 16.8 Å². The molecule has 108 valence electrons. The Morgan fingerprint density at radius 3 is 3.00 bits per heavy atom. The summed E-state index contributed by atoms with van der Waals surface area (Å²) in [7, 11) is 1.84. The molecule has 3 rings (SSSR count). The van der Waals surface area contributed by atoms with Crippen LogP contribution in [0.15, 0.2) is 18.2 Å². The minimum atomic E-state index is 0. The number of carbonyl (C=O) groups excluding carboxylic acids is 1. The molecule has 1 fully saturated rings. The lowest BCUT2D eigenvalue weighted by Gasteiger charge is -2.19. The highest BCUT2D eigenvalue weighted by Gasteiger charge is 2.17. The highest BCUT2D eigenvalue weighted by Crippen LogP contribution is 2.14. The van der Waals surface area contributed by atoms with Gasteiger partial charge in [-0.05, 0) is 31.2 Å². The van der Waals surface area contributed by atoms with Gasteiger partial charge in [0, 0.05) is 32.2 Å². The predicted octanol–water partition coefficient (Wildman–Crippen LogP) is 0.826. The average Bonchev–Trinajstić information content (AvgIpc) is 2.67. The van der Waals surface area contributed by atoms with Crippen LogP contribution < -0.4 is 5.32 Å². The largest absolute Gasteiger partial charge is 0.337 e. The number of aromatic nitrogens is 3. The number of nitrogens with one attached hydrogen (secondary N) is 1. The third kappa shape index (κ3) is 2.76. The van der Waals surface area contributed by atoms with E-state index < -0.39 is 0 Å². The van der Waals surface area contributed by atoms with Crippen molar-refractivity contribution in [2.75, 3.05) is 26.2 Å². The smallest absolute Gasteiger partial charge is 0.253 e. The SMILES string of the molecule is Cl.Cn1nnc2cc(C(=O)N3CCCNCC3)ccc21. The van der Waals surface area contributed by atoms with E-state index >= 15 is 0 Å². The van der Waals surface area contributed by atoms with Gasteiger partial charge in [-0.2, -0.15) is 0 Å². The van der Waals surface area contributed by atoms with Gasteiger partial charge < -0.3 is 10.2 Å². The monoisotopic (exact) mass is 295 g/mol. The van der Waals surface area contributed by atoms with E-state index in [2.05, 4.69) is 15.6 Å².